The summed E-state index contributed by atoms with van der Waals surface area (Å²) < 4.78 is 5.57. The quantitative estimate of drug-likeness (QED) is 0.796. The Morgan fingerprint density at radius 3 is 2.24 bits per heavy atom. The van der Waals surface area contributed by atoms with E-state index in [1.54, 1.807) is 50.2 Å². The minimum absolute atomic E-state index is 0.139. The van der Waals surface area contributed by atoms with E-state index in [0.29, 0.717) is 29.3 Å². The van der Waals surface area contributed by atoms with Gasteiger partial charge in [-0.25, -0.2) is 0 Å². The van der Waals surface area contributed by atoms with Gasteiger partial charge >= 0.3 is 0 Å². The number of nitrogens with one attached hydrogen (secondary N) is 1. The van der Waals surface area contributed by atoms with Crippen molar-refractivity contribution in [3.8, 4) is 5.75 Å². The zero-order valence-corrected chi connectivity index (χ0v) is 15.0. The van der Waals surface area contributed by atoms with Gasteiger partial charge in [0.2, 0.25) is 0 Å². The number of hydrogen-bond donors (Lipinski definition) is 2. The fraction of sp³-hybridized carbons (Fsp3) is 0.263. The highest BCUT2D eigenvalue weighted by atomic mass is 35.5. The Hall–Kier alpha value is -2.53. The molecule has 6 heteroatoms. The normalized spacial score (nSPS) is 11.0. The number of ether oxygens (including phenoxy) is 1. The van der Waals surface area contributed by atoms with E-state index in [1.165, 1.54) is 0 Å². The molecule has 0 unspecified atom stereocenters. The molecule has 0 saturated heterocycles. The van der Waals surface area contributed by atoms with Crippen molar-refractivity contribution in [1.82, 2.24) is 5.32 Å². The van der Waals surface area contributed by atoms with E-state index in [0.717, 1.165) is 5.56 Å². The van der Waals surface area contributed by atoms with Crippen LogP contribution in [-0.4, -0.2) is 24.0 Å². The third kappa shape index (κ3) is 5.50. The first-order valence-corrected chi connectivity index (χ1v) is 8.27. The zero-order valence-electron chi connectivity index (χ0n) is 14.2. The third-order valence-corrected chi connectivity index (χ3v) is 3.95. The summed E-state index contributed by atoms with van der Waals surface area (Å²) in [6.07, 6.45) is 0.679. The van der Waals surface area contributed by atoms with Crippen LogP contribution < -0.4 is 15.8 Å². The molecule has 0 aliphatic rings. The average molecular weight is 361 g/mol. The molecule has 0 fully saturated rings. The van der Waals surface area contributed by atoms with Crippen molar-refractivity contribution in [3.05, 3.63) is 64.7 Å². The van der Waals surface area contributed by atoms with Crippen LogP contribution in [0.3, 0.4) is 0 Å². The zero-order chi connectivity index (χ0) is 18.4. The van der Waals surface area contributed by atoms with Crippen LogP contribution in [0.4, 0.5) is 0 Å². The molecule has 2 aromatic rings. The second-order valence-electron chi connectivity index (χ2n) is 6.13. The summed E-state index contributed by atoms with van der Waals surface area (Å²) in [5.74, 6) is -0.0981. The molecule has 3 N–H and O–H groups in total. The van der Waals surface area contributed by atoms with E-state index in [9.17, 15) is 9.59 Å². The molecular formula is C19H21ClN2O3. The molecule has 0 saturated carbocycles. The number of hydrogen-bond acceptors (Lipinski definition) is 3. The molecule has 0 radical (unpaired) electrons. The number of nitrogens with two attached hydrogens (primary N) is 1. The fourth-order valence-corrected chi connectivity index (χ4v) is 2.22. The standard InChI is InChI=1S/C19H21ClN2O3/c1-19(2,18(21)24)25-16-9-3-13(4-10-16)11-12-22-17(23)14-5-7-15(20)8-6-14/h3-10H,11-12H2,1-2H3,(H2,21,24)(H,22,23). The topological polar surface area (TPSA) is 81.4 Å². The van der Waals surface area contributed by atoms with Gasteiger partial charge in [-0.2, -0.15) is 0 Å². The summed E-state index contributed by atoms with van der Waals surface area (Å²) >= 11 is 5.80. The van der Waals surface area contributed by atoms with Crippen LogP contribution in [0.15, 0.2) is 48.5 Å². The largest absolute Gasteiger partial charge is 0.478 e. The SMILES string of the molecule is CC(C)(Oc1ccc(CCNC(=O)c2ccc(Cl)cc2)cc1)C(N)=O. The molecule has 25 heavy (non-hydrogen) atoms. The molecule has 0 aliphatic heterocycles. The first kappa shape index (κ1) is 18.8. The molecule has 2 amide bonds. The van der Waals surface area contributed by atoms with E-state index >= 15 is 0 Å². The summed E-state index contributed by atoms with van der Waals surface area (Å²) in [5, 5.41) is 3.46. The van der Waals surface area contributed by atoms with Crippen LogP contribution in [-0.2, 0) is 11.2 Å². The summed E-state index contributed by atoms with van der Waals surface area (Å²) in [6, 6.07) is 14.1. The molecular weight excluding hydrogens is 340 g/mol. The highest BCUT2D eigenvalue weighted by Crippen LogP contribution is 2.19. The summed E-state index contributed by atoms with van der Waals surface area (Å²) in [6.45, 7) is 3.75. The van der Waals surface area contributed by atoms with Gasteiger partial charge in [0.25, 0.3) is 11.8 Å². The molecule has 0 heterocycles. The minimum Gasteiger partial charge on any atom is -0.478 e. The van der Waals surface area contributed by atoms with Gasteiger partial charge < -0.3 is 15.8 Å². The Balaban J connectivity index is 1.84. The summed E-state index contributed by atoms with van der Waals surface area (Å²) in [5.41, 5.74) is 5.84. The second-order valence-corrected chi connectivity index (χ2v) is 6.57. The lowest BCUT2D eigenvalue weighted by atomic mass is 10.1. The summed E-state index contributed by atoms with van der Waals surface area (Å²) in [7, 11) is 0. The maximum absolute atomic E-state index is 12.0. The lowest BCUT2D eigenvalue weighted by Crippen LogP contribution is -2.43. The second kappa shape index (κ2) is 8.03. The lowest BCUT2D eigenvalue weighted by molar-refractivity contribution is -0.130. The van der Waals surface area contributed by atoms with Crippen molar-refractivity contribution < 1.29 is 14.3 Å². The Bertz CT molecular complexity index is 740. The molecule has 0 aromatic heterocycles. The van der Waals surface area contributed by atoms with Crippen molar-refractivity contribution >= 4 is 23.4 Å². The number of rotatable bonds is 7. The summed E-state index contributed by atoms with van der Waals surface area (Å²) in [4.78, 5) is 23.3. The van der Waals surface area contributed by atoms with Crippen LogP contribution in [0.2, 0.25) is 5.02 Å². The van der Waals surface area contributed by atoms with Crippen LogP contribution in [0.5, 0.6) is 5.75 Å². The molecule has 5 nitrogen and oxygen atoms in total. The van der Waals surface area contributed by atoms with Crippen molar-refractivity contribution in [1.29, 1.82) is 0 Å². The monoisotopic (exact) mass is 360 g/mol. The van der Waals surface area contributed by atoms with Crippen molar-refractivity contribution in [2.75, 3.05) is 6.54 Å². The number of carbonyl (C=O) groups excluding carboxylic acids is 2. The van der Waals surface area contributed by atoms with Crippen molar-refractivity contribution in [2.45, 2.75) is 25.9 Å². The van der Waals surface area contributed by atoms with Crippen LogP contribution in [0, 0.1) is 0 Å². The van der Waals surface area contributed by atoms with Crippen molar-refractivity contribution in [3.63, 3.8) is 0 Å². The Morgan fingerprint density at radius 2 is 1.68 bits per heavy atom. The van der Waals surface area contributed by atoms with Crippen molar-refractivity contribution in [2.24, 2.45) is 5.73 Å². The average Bonchev–Trinajstić information content (AvgIpc) is 2.56. The number of halogens is 1. The third-order valence-electron chi connectivity index (χ3n) is 3.70. The molecule has 0 aliphatic carbocycles. The minimum atomic E-state index is -1.06. The van der Waals surface area contributed by atoms with Gasteiger partial charge in [-0.15, -0.1) is 0 Å². The maximum Gasteiger partial charge on any atom is 0.261 e. The number of amides is 2. The van der Waals surface area contributed by atoms with E-state index in [-0.39, 0.29) is 5.91 Å². The highest BCUT2D eigenvalue weighted by Gasteiger charge is 2.26. The van der Waals surface area contributed by atoms with E-state index in [1.807, 2.05) is 12.1 Å². The van der Waals surface area contributed by atoms with Gasteiger partial charge in [-0.05, 0) is 62.2 Å². The smallest absolute Gasteiger partial charge is 0.261 e. The van der Waals surface area contributed by atoms with Gasteiger partial charge in [-0.3, -0.25) is 9.59 Å². The molecule has 0 atom stereocenters. The van der Waals surface area contributed by atoms with Gasteiger partial charge in [0, 0.05) is 17.1 Å². The Morgan fingerprint density at radius 1 is 1.08 bits per heavy atom. The van der Waals surface area contributed by atoms with Gasteiger partial charge in [0.05, 0.1) is 0 Å². The predicted molar refractivity (Wildman–Crippen MR) is 97.8 cm³/mol. The Labute approximate surface area is 152 Å². The highest BCUT2D eigenvalue weighted by molar-refractivity contribution is 6.30. The molecule has 0 bridgehead atoms. The maximum atomic E-state index is 12.0. The van der Waals surface area contributed by atoms with Gasteiger partial charge in [0.15, 0.2) is 5.60 Å². The number of carbonyl (C=O) groups is 2. The Kier molecular flexibility index (Phi) is 6.04. The predicted octanol–water partition coefficient (Wildman–Crippen LogP) is 2.96. The fourth-order valence-electron chi connectivity index (χ4n) is 2.09. The van der Waals surface area contributed by atoms with Crippen LogP contribution >= 0.6 is 11.6 Å². The first-order chi connectivity index (χ1) is 11.8. The van der Waals surface area contributed by atoms with Gasteiger partial charge in [-0.1, -0.05) is 23.7 Å². The lowest BCUT2D eigenvalue weighted by Gasteiger charge is -2.22. The van der Waals surface area contributed by atoms with Gasteiger partial charge in [0.1, 0.15) is 5.75 Å². The molecule has 132 valence electrons. The number of primary amides is 1. The molecule has 2 aromatic carbocycles. The van der Waals surface area contributed by atoms with E-state index in [4.69, 9.17) is 22.1 Å². The molecule has 0 spiro atoms. The van der Waals surface area contributed by atoms with Crippen LogP contribution in [0.1, 0.15) is 29.8 Å². The van der Waals surface area contributed by atoms with E-state index < -0.39 is 11.5 Å². The number of benzene rings is 2. The van der Waals surface area contributed by atoms with E-state index in [2.05, 4.69) is 5.32 Å². The molecule has 2 rings (SSSR count). The van der Waals surface area contributed by atoms with Crippen LogP contribution in [0.25, 0.3) is 0 Å². The first-order valence-electron chi connectivity index (χ1n) is 7.89.